The molecule has 0 aromatic heterocycles. The van der Waals surface area contributed by atoms with Crippen LogP contribution in [0.5, 0.6) is 0 Å². The molecule has 11 heavy (non-hydrogen) atoms. The van der Waals surface area contributed by atoms with Crippen molar-refractivity contribution >= 4 is 28.7 Å². The molecular formula is C6H7NO3S. The Morgan fingerprint density at radius 2 is 2.27 bits per heavy atom. The molecule has 0 radical (unpaired) electrons. The zero-order valence-electron chi connectivity index (χ0n) is 5.92. The topological polar surface area (TPSA) is 63.2 Å². The maximum Gasteiger partial charge on any atom is 0.286 e. The van der Waals surface area contributed by atoms with Gasteiger partial charge in [0.25, 0.3) is 5.24 Å². The molecule has 2 amide bonds. The molecule has 0 aliphatic carbocycles. The van der Waals surface area contributed by atoms with Crippen molar-refractivity contribution in [1.82, 2.24) is 5.32 Å². The number of hydrogen-bond donors (Lipinski definition) is 1. The fourth-order valence-corrected chi connectivity index (χ4v) is 1.69. The number of nitrogens with one attached hydrogen (secondary N) is 1. The fraction of sp³-hybridized carbons (Fsp3) is 0.500. The van der Waals surface area contributed by atoms with Crippen molar-refractivity contribution in [2.45, 2.75) is 18.6 Å². The van der Waals surface area contributed by atoms with Gasteiger partial charge in [-0.2, -0.15) is 0 Å². The van der Waals surface area contributed by atoms with E-state index in [1.165, 1.54) is 6.92 Å². The van der Waals surface area contributed by atoms with E-state index in [9.17, 15) is 14.4 Å². The predicted octanol–water partition coefficient (Wildman–Crippen LogP) is 0.317. The van der Waals surface area contributed by atoms with Crippen LogP contribution in [0.1, 0.15) is 13.3 Å². The van der Waals surface area contributed by atoms with Gasteiger partial charge in [0.05, 0.1) is 0 Å². The smallest absolute Gasteiger partial charge is 0.286 e. The Kier molecular flexibility index (Phi) is 2.28. The second kappa shape index (κ2) is 3.04. The number of Topliss-reactive ketones (excluding diaryl/α,β-unsaturated/α-hetero) is 1. The molecule has 1 aliphatic heterocycles. The maximum atomic E-state index is 10.8. The average Bonchev–Trinajstić information content (AvgIpc) is 2.09. The van der Waals surface area contributed by atoms with E-state index in [2.05, 4.69) is 5.32 Å². The largest absolute Gasteiger partial charge is 0.300 e. The van der Waals surface area contributed by atoms with Gasteiger partial charge in [0.1, 0.15) is 11.0 Å². The number of carbonyl (C=O) groups is 3. The number of hydrogen-bond acceptors (Lipinski definition) is 4. The fourth-order valence-electron chi connectivity index (χ4n) is 0.789. The molecule has 0 bridgehead atoms. The minimum absolute atomic E-state index is 0.0765. The van der Waals surface area contributed by atoms with Gasteiger partial charge < -0.3 is 0 Å². The van der Waals surface area contributed by atoms with Crippen molar-refractivity contribution in [3.8, 4) is 0 Å². The highest BCUT2D eigenvalue weighted by atomic mass is 32.2. The van der Waals surface area contributed by atoms with Gasteiger partial charge in [0, 0.05) is 6.42 Å². The summed E-state index contributed by atoms with van der Waals surface area (Å²) < 4.78 is 0. The van der Waals surface area contributed by atoms with Gasteiger partial charge in [-0.15, -0.1) is 0 Å². The van der Waals surface area contributed by atoms with Gasteiger partial charge in [-0.25, -0.2) is 0 Å². The van der Waals surface area contributed by atoms with E-state index in [1.54, 1.807) is 0 Å². The van der Waals surface area contributed by atoms with E-state index < -0.39 is 5.25 Å². The molecule has 5 heteroatoms. The van der Waals surface area contributed by atoms with Crippen LogP contribution in [-0.2, 0) is 9.59 Å². The van der Waals surface area contributed by atoms with E-state index in [-0.39, 0.29) is 23.4 Å². The summed E-state index contributed by atoms with van der Waals surface area (Å²) in [6.07, 6.45) is 0.141. The lowest BCUT2D eigenvalue weighted by Gasteiger charge is -1.98. The van der Waals surface area contributed by atoms with E-state index >= 15 is 0 Å². The zero-order chi connectivity index (χ0) is 8.43. The van der Waals surface area contributed by atoms with E-state index in [0.717, 1.165) is 11.8 Å². The maximum absolute atomic E-state index is 10.8. The second-order valence-electron chi connectivity index (χ2n) is 2.29. The standard InChI is InChI=1S/C6H7NO3S/c1-3(8)2-4-5(9)7-6(10)11-4/h4H,2H2,1H3,(H,7,9,10). The van der Waals surface area contributed by atoms with Gasteiger partial charge >= 0.3 is 0 Å². The predicted molar refractivity (Wildman–Crippen MR) is 40.2 cm³/mol. The summed E-state index contributed by atoms with van der Waals surface area (Å²) in [6, 6.07) is 0. The molecule has 0 spiro atoms. The van der Waals surface area contributed by atoms with Crippen LogP contribution in [0, 0.1) is 0 Å². The van der Waals surface area contributed by atoms with Crippen LogP contribution >= 0.6 is 11.8 Å². The van der Waals surface area contributed by atoms with Gasteiger partial charge in [-0.3, -0.25) is 19.7 Å². The van der Waals surface area contributed by atoms with Crippen LogP contribution in [0.2, 0.25) is 0 Å². The summed E-state index contributed by atoms with van der Waals surface area (Å²) in [5.74, 6) is -0.428. The van der Waals surface area contributed by atoms with Crippen LogP contribution in [-0.4, -0.2) is 22.2 Å². The molecule has 0 aromatic rings. The molecule has 1 unspecified atom stereocenters. The Bertz CT molecular complexity index is 226. The van der Waals surface area contributed by atoms with Crippen molar-refractivity contribution in [3.05, 3.63) is 0 Å². The number of carbonyl (C=O) groups excluding carboxylic acids is 3. The first-order chi connectivity index (χ1) is 5.09. The molecule has 1 atom stereocenters. The molecule has 1 rings (SSSR count). The normalized spacial score (nSPS) is 23.5. The SMILES string of the molecule is CC(=O)CC1SC(=O)NC1=O. The molecule has 4 nitrogen and oxygen atoms in total. The van der Waals surface area contributed by atoms with Crippen molar-refractivity contribution in [2.24, 2.45) is 0 Å². The van der Waals surface area contributed by atoms with E-state index in [1.807, 2.05) is 0 Å². The Labute approximate surface area is 67.7 Å². The number of imide groups is 1. The summed E-state index contributed by atoms with van der Waals surface area (Å²) in [6.45, 7) is 1.40. The highest BCUT2D eigenvalue weighted by Gasteiger charge is 2.31. The van der Waals surface area contributed by atoms with Crippen molar-refractivity contribution in [2.75, 3.05) is 0 Å². The molecule has 1 N–H and O–H groups in total. The summed E-state index contributed by atoms with van der Waals surface area (Å²) in [7, 11) is 0. The Balaban J connectivity index is 2.53. The third-order valence-electron chi connectivity index (χ3n) is 1.24. The van der Waals surface area contributed by atoms with E-state index in [4.69, 9.17) is 0 Å². The van der Waals surface area contributed by atoms with Gasteiger partial charge in [-0.1, -0.05) is 11.8 Å². The minimum Gasteiger partial charge on any atom is -0.300 e. The first-order valence-corrected chi connectivity index (χ1v) is 3.98. The molecule has 1 heterocycles. The molecule has 1 saturated heterocycles. The van der Waals surface area contributed by atoms with E-state index in [0.29, 0.717) is 0 Å². The van der Waals surface area contributed by atoms with Crippen LogP contribution in [0.3, 0.4) is 0 Å². The van der Waals surface area contributed by atoms with Gasteiger partial charge in [-0.05, 0) is 6.92 Å². The number of thioether (sulfide) groups is 1. The molecule has 1 fully saturated rings. The summed E-state index contributed by atoms with van der Waals surface area (Å²) >= 11 is 0.882. The lowest BCUT2D eigenvalue weighted by Crippen LogP contribution is -2.25. The average molecular weight is 173 g/mol. The minimum atomic E-state index is -0.500. The zero-order valence-corrected chi connectivity index (χ0v) is 6.73. The highest BCUT2D eigenvalue weighted by Crippen LogP contribution is 2.21. The lowest BCUT2D eigenvalue weighted by molar-refractivity contribution is -0.123. The Morgan fingerprint density at radius 1 is 1.64 bits per heavy atom. The Morgan fingerprint density at radius 3 is 2.64 bits per heavy atom. The number of rotatable bonds is 2. The van der Waals surface area contributed by atoms with Crippen LogP contribution in [0.4, 0.5) is 4.79 Å². The second-order valence-corrected chi connectivity index (χ2v) is 3.46. The monoisotopic (exact) mass is 173 g/mol. The van der Waals surface area contributed by atoms with Crippen LogP contribution in [0.15, 0.2) is 0 Å². The molecule has 60 valence electrons. The summed E-state index contributed by atoms with van der Waals surface area (Å²) in [4.78, 5) is 31.9. The number of ketones is 1. The quantitative estimate of drug-likeness (QED) is 0.653. The molecule has 0 aromatic carbocycles. The third-order valence-corrected chi connectivity index (χ3v) is 2.22. The molecule has 1 aliphatic rings. The highest BCUT2D eigenvalue weighted by molar-refractivity contribution is 8.15. The molecular weight excluding hydrogens is 166 g/mol. The van der Waals surface area contributed by atoms with Crippen molar-refractivity contribution < 1.29 is 14.4 Å². The summed E-state index contributed by atoms with van der Waals surface area (Å²) in [5.41, 5.74) is 0. The first kappa shape index (κ1) is 8.26. The van der Waals surface area contributed by atoms with Crippen molar-refractivity contribution in [3.63, 3.8) is 0 Å². The Hall–Kier alpha value is -0.840. The van der Waals surface area contributed by atoms with Crippen molar-refractivity contribution in [1.29, 1.82) is 0 Å². The van der Waals surface area contributed by atoms with Crippen LogP contribution in [0.25, 0.3) is 0 Å². The number of amides is 2. The lowest BCUT2D eigenvalue weighted by atomic mass is 10.2. The molecule has 0 saturated carbocycles. The van der Waals surface area contributed by atoms with Gasteiger partial charge in [0.2, 0.25) is 5.91 Å². The summed E-state index contributed by atoms with van der Waals surface area (Å²) in [5, 5.41) is 1.25. The van der Waals surface area contributed by atoms with Crippen LogP contribution < -0.4 is 5.32 Å². The third kappa shape index (κ3) is 2.04. The first-order valence-electron chi connectivity index (χ1n) is 3.10. The van der Waals surface area contributed by atoms with Gasteiger partial charge in [0.15, 0.2) is 0 Å².